The molecule has 0 aliphatic heterocycles. The van der Waals surface area contributed by atoms with Crippen molar-refractivity contribution in [1.29, 1.82) is 0 Å². The quantitative estimate of drug-likeness (QED) is 0.264. The third kappa shape index (κ3) is 7.99. The van der Waals surface area contributed by atoms with Gasteiger partial charge in [0.1, 0.15) is 38.0 Å². The molecule has 0 saturated heterocycles. The van der Waals surface area contributed by atoms with E-state index >= 15 is 0 Å². The summed E-state index contributed by atoms with van der Waals surface area (Å²) in [7, 11) is 14.4. The minimum Gasteiger partial charge on any atom is -0.480 e. The van der Waals surface area contributed by atoms with Crippen molar-refractivity contribution in [2.24, 2.45) is 0 Å². The summed E-state index contributed by atoms with van der Waals surface area (Å²) in [5.74, 6) is 3.02. The molecule has 0 spiro atoms. The van der Waals surface area contributed by atoms with Gasteiger partial charge in [0.2, 0.25) is 0 Å². The predicted octanol–water partition coefficient (Wildman–Crippen LogP) is 7.92. The summed E-state index contributed by atoms with van der Waals surface area (Å²) in [6, 6.07) is 5.86. The maximum Gasteiger partial charge on any atom is 0.132 e. The van der Waals surface area contributed by atoms with Gasteiger partial charge in [-0.05, 0) is 56.4 Å². The van der Waals surface area contributed by atoms with Crippen LogP contribution in [0.5, 0.6) is 23.0 Å². The van der Waals surface area contributed by atoms with E-state index in [1.807, 2.05) is 39.0 Å². The highest BCUT2D eigenvalue weighted by Gasteiger charge is 2.24. The van der Waals surface area contributed by atoms with Gasteiger partial charge >= 0.3 is 0 Å². The van der Waals surface area contributed by atoms with Gasteiger partial charge < -0.3 is 23.2 Å². The summed E-state index contributed by atoms with van der Waals surface area (Å²) in [6.45, 7) is 5.97. The first-order chi connectivity index (χ1) is 15.1. The monoisotopic (exact) mass is 606 g/mol. The van der Waals surface area contributed by atoms with Crippen molar-refractivity contribution in [3.63, 3.8) is 0 Å². The zero-order chi connectivity index (χ0) is 24.0. The second-order valence-corrected chi connectivity index (χ2v) is 19.9. The molecule has 2 aromatic carbocycles. The van der Waals surface area contributed by atoms with Crippen LogP contribution in [0.4, 0.5) is 0 Å². The molecule has 0 aliphatic rings. The molecule has 0 aliphatic carbocycles. The second-order valence-electron chi connectivity index (χ2n) is 7.01. The van der Waals surface area contributed by atoms with E-state index < -0.39 is 21.2 Å². The molecule has 0 fully saturated rings. The van der Waals surface area contributed by atoms with Gasteiger partial charge in [-0.1, -0.05) is 50.7 Å². The second kappa shape index (κ2) is 14.3. The third-order valence-corrected chi connectivity index (χ3v) is 7.99. The Bertz CT molecular complexity index is 926. The fraction of sp³-hybridized carbons (Fsp3) is 0.333. The van der Waals surface area contributed by atoms with Crippen LogP contribution in [0.3, 0.4) is 0 Å². The highest BCUT2D eigenvalue weighted by molar-refractivity contribution is 8.41. The van der Waals surface area contributed by atoms with E-state index in [1.165, 1.54) is 0 Å². The van der Waals surface area contributed by atoms with Crippen molar-refractivity contribution in [3.8, 4) is 23.0 Å². The SMILES string of the molecule is Cc1c(C)c(OP)c(C(O)CCc2ccc(OP(P)P)cc2OP(P)P)c(C)c1OPP. The summed E-state index contributed by atoms with van der Waals surface area (Å²) in [5, 5.41) is 11.2. The summed E-state index contributed by atoms with van der Waals surface area (Å²) >= 11 is 0. The molecule has 8 atom stereocenters. The fourth-order valence-corrected chi connectivity index (χ4v) is 6.68. The Morgan fingerprint density at radius 1 is 0.969 bits per heavy atom. The van der Waals surface area contributed by atoms with Gasteiger partial charge in [0.05, 0.1) is 24.1 Å². The molecule has 178 valence electrons. The third-order valence-electron chi connectivity index (χ3n) is 4.99. The van der Waals surface area contributed by atoms with Crippen molar-refractivity contribution in [2.45, 2.75) is 39.7 Å². The van der Waals surface area contributed by atoms with Crippen LogP contribution in [0.25, 0.3) is 0 Å². The summed E-state index contributed by atoms with van der Waals surface area (Å²) in [5.41, 5.74) is 4.67. The van der Waals surface area contributed by atoms with E-state index in [9.17, 15) is 5.11 Å². The van der Waals surface area contributed by atoms with Crippen LogP contribution in [0.1, 0.15) is 40.3 Å². The average Bonchev–Trinajstić information content (AvgIpc) is 2.72. The first kappa shape index (κ1) is 29.7. The minimum atomic E-state index is -0.755. The lowest BCUT2D eigenvalue weighted by molar-refractivity contribution is 0.164. The van der Waals surface area contributed by atoms with E-state index in [1.54, 1.807) is 0 Å². The van der Waals surface area contributed by atoms with E-state index in [0.717, 1.165) is 45.1 Å². The van der Waals surface area contributed by atoms with Crippen LogP contribution in [0.2, 0.25) is 0 Å². The number of benzene rings is 2. The molecule has 0 aromatic heterocycles. The average molecular weight is 606 g/mol. The zero-order valence-electron chi connectivity index (χ0n) is 18.2. The molecule has 8 unspecified atom stereocenters. The van der Waals surface area contributed by atoms with E-state index in [2.05, 4.69) is 54.1 Å². The lowest BCUT2D eigenvalue weighted by Gasteiger charge is -2.24. The van der Waals surface area contributed by atoms with Crippen LogP contribution in [0.15, 0.2) is 18.2 Å². The molecule has 2 aromatic rings. The Hall–Kier alpha value is 1.47. The summed E-state index contributed by atoms with van der Waals surface area (Å²) < 4.78 is 23.4. The Morgan fingerprint density at radius 3 is 2.16 bits per heavy atom. The molecule has 0 bridgehead atoms. The van der Waals surface area contributed by atoms with Crippen LogP contribution in [-0.2, 0) is 6.42 Å². The summed E-state index contributed by atoms with van der Waals surface area (Å²) in [4.78, 5) is 0. The highest BCUT2D eigenvalue weighted by Crippen LogP contribution is 2.56. The molecule has 1 N–H and O–H groups in total. The minimum absolute atomic E-state index is 0.239. The Kier molecular flexibility index (Phi) is 13.2. The molecular formula is C18H31O5P9. The van der Waals surface area contributed by atoms with Gasteiger partial charge in [-0.15, -0.1) is 0 Å². The van der Waals surface area contributed by atoms with Gasteiger partial charge in [-0.2, -0.15) is 0 Å². The molecule has 14 heteroatoms. The fourth-order valence-electron chi connectivity index (χ4n) is 3.44. The Balaban J connectivity index is 2.35. The van der Waals surface area contributed by atoms with E-state index in [0.29, 0.717) is 18.6 Å². The van der Waals surface area contributed by atoms with Gasteiger partial charge in [-0.3, -0.25) is 0 Å². The van der Waals surface area contributed by atoms with E-state index in [4.69, 9.17) is 18.1 Å². The van der Waals surface area contributed by atoms with E-state index in [-0.39, 0.29) is 8.50 Å². The molecule has 0 heterocycles. The highest BCUT2D eigenvalue weighted by atomic mass is 32.4. The van der Waals surface area contributed by atoms with Crippen LogP contribution in [-0.4, -0.2) is 5.11 Å². The Labute approximate surface area is 209 Å². The van der Waals surface area contributed by atoms with Crippen molar-refractivity contribution < 1.29 is 23.2 Å². The summed E-state index contributed by atoms with van der Waals surface area (Å²) in [6.07, 6.45) is 0.426. The van der Waals surface area contributed by atoms with Gasteiger partial charge in [-0.25, -0.2) is 0 Å². The lowest BCUT2D eigenvalue weighted by atomic mass is 9.91. The molecule has 0 saturated carbocycles. The predicted molar refractivity (Wildman–Crippen MR) is 163 cm³/mol. The number of aliphatic hydroxyl groups excluding tert-OH is 1. The maximum absolute atomic E-state index is 11.2. The van der Waals surface area contributed by atoms with Crippen molar-refractivity contribution in [2.75, 3.05) is 0 Å². The lowest BCUT2D eigenvalue weighted by Crippen LogP contribution is -2.08. The number of hydrogen-bond acceptors (Lipinski definition) is 5. The normalized spacial score (nSPS) is 12.6. The number of rotatable bonds is 11. The first-order valence-corrected chi connectivity index (χ1v) is 21.7. The molecular weight excluding hydrogens is 575 g/mol. The van der Waals surface area contributed by atoms with Gasteiger partial charge in [0.15, 0.2) is 0 Å². The molecule has 32 heavy (non-hydrogen) atoms. The smallest absolute Gasteiger partial charge is 0.132 e. The van der Waals surface area contributed by atoms with Gasteiger partial charge in [0.25, 0.3) is 0 Å². The van der Waals surface area contributed by atoms with Gasteiger partial charge in [0, 0.05) is 17.2 Å². The molecule has 0 radical (unpaired) electrons. The van der Waals surface area contributed by atoms with Crippen LogP contribution < -0.4 is 18.1 Å². The zero-order valence-corrected chi connectivity index (χ0v) is 27.9. The van der Waals surface area contributed by atoms with Crippen molar-refractivity contribution in [3.05, 3.63) is 46.0 Å². The topological polar surface area (TPSA) is 57.2 Å². The van der Waals surface area contributed by atoms with Crippen molar-refractivity contribution >= 4 is 77.7 Å². The Morgan fingerprint density at radius 2 is 1.59 bits per heavy atom. The molecule has 2 rings (SSSR count). The van der Waals surface area contributed by atoms with Crippen LogP contribution in [0, 0.1) is 20.8 Å². The first-order valence-electron chi connectivity index (χ1n) is 9.49. The maximum atomic E-state index is 11.2. The van der Waals surface area contributed by atoms with Crippen LogP contribution >= 0.6 is 77.7 Å². The number of aliphatic hydroxyl groups is 1. The molecule has 5 nitrogen and oxygen atoms in total. The molecule has 0 amide bonds. The standard InChI is InChI=1S/C18H31O5P9/c1-9-10(2)18(20-24)16(11(3)17(9)21-30-25)14(19)7-5-12-4-6-13(22-31(26)27)8-15(12)23-32(28)29/h4,6,8,14,19,30H,5,7,24-29H2,1-3H3. The van der Waals surface area contributed by atoms with Crippen molar-refractivity contribution in [1.82, 2.24) is 0 Å². The number of aryl methyl sites for hydroxylation is 1. The number of hydrogen-bond donors (Lipinski definition) is 1. The largest absolute Gasteiger partial charge is 0.480 e.